The molecule has 1 aromatic carbocycles. The molecule has 0 atom stereocenters. The van der Waals surface area contributed by atoms with Gasteiger partial charge in [-0.05, 0) is 43.7 Å². The smallest absolute Gasteiger partial charge is 0.327 e. The molecule has 2 N–H and O–H groups in total. The molecule has 0 radical (unpaired) electrons. The van der Waals surface area contributed by atoms with Gasteiger partial charge >= 0.3 is 5.69 Å². The van der Waals surface area contributed by atoms with Crippen LogP contribution in [0.2, 0.25) is 0 Å². The number of hydrogen-bond donors (Lipinski definition) is 2. The Hall–Kier alpha value is -2.67. The summed E-state index contributed by atoms with van der Waals surface area (Å²) in [5.74, 6) is 1.22. The van der Waals surface area contributed by atoms with Gasteiger partial charge in [-0.25, -0.2) is 14.8 Å². The Bertz CT molecular complexity index is 970. The third kappa shape index (κ3) is 3.10. The normalized spacial score (nSPS) is 20.5. The molecule has 26 heavy (non-hydrogen) atoms. The van der Waals surface area contributed by atoms with Crippen LogP contribution in [0.1, 0.15) is 31.7 Å². The summed E-state index contributed by atoms with van der Waals surface area (Å²) < 4.78 is 7.03. The predicted molar refractivity (Wildman–Crippen MR) is 98.1 cm³/mol. The molecule has 4 rings (SSSR count). The lowest BCUT2D eigenvalue weighted by atomic mass is 9.86. The molecule has 0 amide bonds. The fourth-order valence-corrected chi connectivity index (χ4v) is 3.84. The molecule has 1 saturated carbocycles. The summed E-state index contributed by atoms with van der Waals surface area (Å²) in [6.45, 7) is 0.777. The van der Waals surface area contributed by atoms with Crippen molar-refractivity contribution in [2.45, 2.75) is 31.7 Å². The molecule has 0 saturated heterocycles. The van der Waals surface area contributed by atoms with Gasteiger partial charge in [-0.2, -0.15) is 0 Å². The molecule has 1 aliphatic rings. The van der Waals surface area contributed by atoms with Crippen molar-refractivity contribution in [2.24, 2.45) is 5.92 Å². The van der Waals surface area contributed by atoms with E-state index in [4.69, 9.17) is 4.74 Å². The second kappa shape index (κ2) is 6.92. The summed E-state index contributed by atoms with van der Waals surface area (Å²) in [7, 11) is 1.73. The first-order valence-corrected chi connectivity index (χ1v) is 8.91. The van der Waals surface area contributed by atoms with Gasteiger partial charge in [0, 0.05) is 25.3 Å². The van der Waals surface area contributed by atoms with Crippen molar-refractivity contribution < 1.29 is 9.84 Å². The number of hydrogen-bond acceptors (Lipinski definition) is 5. The van der Waals surface area contributed by atoms with Crippen molar-refractivity contribution in [3.63, 3.8) is 0 Å². The van der Waals surface area contributed by atoms with Crippen molar-refractivity contribution >= 4 is 11.2 Å². The SMILES string of the molecule is COC[C@H]1CC[C@@H](n2c(=O)[nH]c3cnc(-c4cccc(O)c4)nc32)CC1. The van der Waals surface area contributed by atoms with Crippen LogP contribution in [0.4, 0.5) is 0 Å². The van der Waals surface area contributed by atoms with Crippen molar-refractivity contribution in [3.05, 3.63) is 40.9 Å². The highest BCUT2D eigenvalue weighted by Crippen LogP contribution is 2.33. The monoisotopic (exact) mass is 354 g/mol. The third-order valence-electron chi connectivity index (χ3n) is 5.15. The highest BCUT2D eigenvalue weighted by Gasteiger charge is 2.25. The fourth-order valence-electron chi connectivity index (χ4n) is 3.84. The van der Waals surface area contributed by atoms with E-state index in [1.165, 1.54) is 0 Å². The first-order chi connectivity index (χ1) is 12.7. The van der Waals surface area contributed by atoms with Crippen LogP contribution < -0.4 is 5.69 Å². The second-order valence-electron chi connectivity index (χ2n) is 6.91. The largest absolute Gasteiger partial charge is 0.508 e. The Morgan fingerprint density at radius 2 is 2.12 bits per heavy atom. The Morgan fingerprint density at radius 1 is 1.31 bits per heavy atom. The Labute approximate surface area is 150 Å². The van der Waals surface area contributed by atoms with Crippen LogP contribution in [0.5, 0.6) is 5.75 Å². The van der Waals surface area contributed by atoms with E-state index in [-0.39, 0.29) is 17.5 Å². The molecule has 0 bridgehead atoms. The zero-order chi connectivity index (χ0) is 18.1. The van der Waals surface area contributed by atoms with Gasteiger partial charge in [0.15, 0.2) is 11.5 Å². The van der Waals surface area contributed by atoms with E-state index < -0.39 is 0 Å². The first kappa shape index (κ1) is 16.8. The Morgan fingerprint density at radius 3 is 2.85 bits per heavy atom. The number of imidazole rings is 1. The number of nitrogens with one attached hydrogen (secondary N) is 1. The van der Waals surface area contributed by atoms with Crippen molar-refractivity contribution in [1.82, 2.24) is 19.5 Å². The number of aromatic hydroxyl groups is 1. The predicted octanol–water partition coefficient (Wildman–Crippen LogP) is 2.87. The number of H-pyrrole nitrogens is 1. The summed E-state index contributed by atoms with van der Waals surface area (Å²) in [6.07, 6.45) is 5.60. The van der Waals surface area contributed by atoms with Crippen LogP contribution in [0.15, 0.2) is 35.3 Å². The molecule has 2 heterocycles. The second-order valence-corrected chi connectivity index (χ2v) is 6.91. The van der Waals surface area contributed by atoms with Gasteiger partial charge in [0.05, 0.1) is 6.20 Å². The Kier molecular flexibility index (Phi) is 4.46. The van der Waals surface area contributed by atoms with Crippen LogP contribution in [0.25, 0.3) is 22.6 Å². The van der Waals surface area contributed by atoms with Crippen LogP contribution in [-0.4, -0.2) is 38.3 Å². The van der Waals surface area contributed by atoms with Crippen LogP contribution in [-0.2, 0) is 4.74 Å². The van der Waals surface area contributed by atoms with Gasteiger partial charge in [0.25, 0.3) is 0 Å². The summed E-state index contributed by atoms with van der Waals surface area (Å²) in [4.78, 5) is 24.3. The van der Waals surface area contributed by atoms with Gasteiger partial charge in [0.2, 0.25) is 0 Å². The molecule has 0 spiro atoms. The molecule has 1 fully saturated rings. The van der Waals surface area contributed by atoms with Gasteiger partial charge in [-0.3, -0.25) is 4.57 Å². The van der Waals surface area contributed by atoms with E-state index in [0.29, 0.717) is 22.9 Å². The van der Waals surface area contributed by atoms with Crippen LogP contribution in [0.3, 0.4) is 0 Å². The highest BCUT2D eigenvalue weighted by atomic mass is 16.5. The fraction of sp³-hybridized carbons (Fsp3) is 0.421. The summed E-state index contributed by atoms with van der Waals surface area (Å²) in [5.41, 5.74) is 1.84. The quantitative estimate of drug-likeness (QED) is 0.751. The molecular weight excluding hydrogens is 332 g/mol. The number of benzene rings is 1. The molecular formula is C19H22N4O3. The number of rotatable bonds is 4. The number of ether oxygens (including phenoxy) is 1. The number of aromatic nitrogens is 4. The lowest BCUT2D eigenvalue weighted by Crippen LogP contribution is -2.27. The molecule has 1 aliphatic carbocycles. The third-order valence-corrected chi connectivity index (χ3v) is 5.15. The standard InChI is InChI=1S/C19H22N4O3/c1-26-11-12-5-7-14(8-6-12)23-18-16(21-19(23)25)10-20-17(22-18)13-3-2-4-15(24)9-13/h2-4,9-10,12,14,24H,5-8,11H2,1H3,(H,21,25)/t12-,14+. The van der Waals surface area contributed by atoms with E-state index in [2.05, 4.69) is 15.0 Å². The molecule has 2 aromatic heterocycles. The first-order valence-electron chi connectivity index (χ1n) is 8.91. The average molecular weight is 354 g/mol. The lowest BCUT2D eigenvalue weighted by Gasteiger charge is -2.28. The van der Waals surface area contributed by atoms with E-state index in [9.17, 15) is 9.90 Å². The van der Waals surface area contributed by atoms with Crippen molar-refractivity contribution in [3.8, 4) is 17.1 Å². The van der Waals surface area contributed by atoms with Crippen molar-refractivity contribution in [1.29, 1.82) is 0 Å². The maximum atomic E-state index is 12.5. The molecule has 0 unspecified atom stereocenters. The summed E-state index contributed by atoms with van der Waals surface area (Å²) in [6, 6.07) is 6.95. The number of aromatic amines is 1. The molecule has 0 aliphatic heterocycles. The van der Waals surface area contributed by atoms with E-state index in [0.717, 1.165) is 37.9 Å². The molecule has 3 aromatic rings. The van der Waals surface area contributed by atoms with E-state index in [1.807, 2.05) is 6.07 Å². The number of methoxy groups -OCH3 is 1. The van der Waals surface area contributed by atoms with Gasteiger partial charge in [-0.15, -0.1) is 0 Å². The minimum atomic E-state index is -0.141. The minimum Gasteiger partial charge on any atom is -0.508 e. The summed E-state index contributed by atoms with van der Waals surface area (Å²) in [5, 5.41) is 9.69. The number of phenols is 1. The van der Waals surface area contributed by atoms with Gasteiger partial charge in [-0.1, -0.05) is 12.1 Å². The average Bonchev–Trinajstić information content (AvgIpc) is 2.97. The van der Waals surface area contributed by atoms with Crippen molar-refractivity contribution in [2.75, 3.05) is 13.7 Å². The molecule has 136 valence electrons. The lowest BCUT2D eigenvalue weighted by molar-refractivity contribution is 0.120. The van der Waals surface area contributed by atoms with E-state index in [1.54, 1.807) is 36.1 Å². The summed E-state index contributed by atoms with van der Waals surface area (Å²) >= 11 is 0. The topological polar surface area (TPSA) is 93.0 Å². The highest BCUT2D eigenvalue weighted by molar-refractivity contribution is 5.73. The van der Waals surface area contributed by atoms with Gasteiger partial charge in [0.1, 0.15) is 11.3 Å². The number of phenolic OH excluding ortho intramolecular Hbond substituents is 1. The minimum absolute atomic E-state index is 0.135. The maximum absolute atomic E-state index is 12.5. The maximum Gasteiger partial charge on any atom is 0.327 e. The Balaban J connectivity index is 1.70. The van der Waals surface area contributed by atoms with E-state index >= 15 is 0 Å². The molecule has 7 nitrogen and oxygen atoms in total. The zero-order valence-corrected chi connectivity index (χ0v) is 14.7. The number of fused-ring (bicyclic) bond motifs is 1. The molecule has 7 heteroatoms. The number of nitrogens with zero attached hydrogens (tertiary/aromatic N) is 3. The van der Waals surface area contributed by atoms with Crippen LogP contribution in [0, 0.1) is 5.92 Å². The van der Waals surface area contributed by atoms with Crippen LogP contribution >= 0.6 is 0 Å². The zero-order valence-electron chi connectivity index (χ0n) is 14.7. The van der Waals surface area contributed by atoms with Gasteiger partial charge < -0.3 is 14.8 Å².